The normalized spacial score (nSPS) is 16.1. The van der Waals surface area contributed by atoms with E-state index in [1.807, 2.05) is 11.7 Å². The number of pyridine rings is 1. The maximum absolute atomic E-state index is 9.30. The van der Waals surface area contributed by atoms with Crippen molar-refractivity contribution < 1.29 is 5.11 Å². The van der Waals surface area contributed by atoms with Crippen LogP contribution in [-0.4, -0.2) is 25.1 Å². The second kappa shape index (κ2) is 4.99. The third-order valence-electron chi connectivity index (χ3n) is 3.66. The van der Waals surface area contributed by atoms with Crippen LogP contribution in [0.3, 0.4) is 0 Å². The van der Waals surface area contributed by atoms with Crippen LogP contribution in [0.25, 0.3) is 11.4 Å². The van der Waals surface area contributed by atoms with Gasteiger partial charge in [-0.3, -0.25) is 9.67 Å². The number of aromatic hydroxyl groups is 1. The first kappa shape index (κ1) is 12.1. The third kappa shape index (κ3) is 2.45. The average Bonchev–Trinajstić information content (AvgIpc) is 3.03. The number of nitrogens with zero attached hydrogens (tertiary/aromatic N) is 4. The fourth-order valence-electron chi connectivity index (χ4n) is 2.59. The number of aryl methyl sites for hydroxylation is 1. The monoisotopic (exact) mass is 257 g/mol. The smallest absolute Gasteiger partial charge is 0.134 e. The minimum absolute atomic E-state index is 0.166. The van der Waals surface area contributed by atoms with Gasteiger partial charge in [0.25, 0.3) is 0 Å². The molecule has 0 saturated heterocycles. The van der Waals surface area contributed by atoms with Crippen LogP contribution in [0.1, 0.15) is 31.4 Å². The predicted molar refractivity (Wildman–Crippen MR) is 71.3 cm³/mol. The van der Waals surface area contributed by atoms with Crippen LogP contribution < -0.4 is 0 Å². The van der Waals surface area contributed by atoms with Gasteiger partial charge in [-0.2, -0.15) is 0 Å². The minimum Gasteiger partial charge on any atom is -0.506 e. The molecule has 1 aliphatic carbocycles. The van der Waals surface area contributed by atoms with E-state index in [2.05, 4.69) is 15.3 Å². The molecule has 0 spiro atoms. The Kier molecular flexibility index (Phi) is 3.19. The molecule has 2 heterocycles. The second-order valence-electron chi connectivity index (χ2n) is 5.04. The van der Waals surface area contributed by atoms with Crippen molar-refractivity contribution in [1.82, 2.24) is 20.0 Å². The summed E-state index contributed by atoms with van der Waals surface area (Å²) in [4.78, 5) is 4.22. The Bertz CT molecular complexity index is 555. The van der Waals surface area contributed by atoms with Crippen molar-refractivity contribution in [3.63, 3.8) is 0 Å². The molecule has 0 atom stereocenters. The fraction of sp³-hybridized carbons (Fsp3) is 0.429. The van der Waals surface area contributed by atoms with Gasteiger partial charge in [-0.25, -0.2) is 0 Å². The van der Waals surface area contributed by atoms with Crippen molar-refractivity contribution in [2.24, 2.45) is 7.05 Å². The quantitative estimate of drug-likeness (QED) is 0.916. The van der Waals surface area contributed by atoms with Crippen LogP contribution in [-0.2, 0) is 13.5 Å². The highest BCUT2D eigenvalue weighted by Gasteiger charge is 2.21. The Morgan fingerprint density at radius 1 is 1.26 bits per heavy atom. The Morgan fingerprint density at radius 2 is 2.05 bits per heavy atom. The lowest BCUT2D eigenvalue weighted by Gasteiger charge is -2.09. The first-order valence-electron chi connectivity index (χ1n) is 6.61. The Balaban J connectivity index is 1.91. The Hall–Kier alpha value is -1.91. The maximum atomic E-state index is 9.30. The summed E-state index contributed by atoms with van der Waals surface area (Å²) in [6.45, 7) is 0. The summed E-state index contributed by atoms with van der Waals surface area (Å²) < 4.78 is 1.83. The van der Waals surface area contributed by atoms with E-state index in [0.717, 1.165) is 23.5 Å². The maximum Gasteiger partial charge on any atom is 0.134 e. The van der Waals surface area contributed by atoms with Crippen LogP contribution in [0, 0.1) is 5.92 Å². The van der Waals surface area contributed by atoms with Crippen molar-refractivity contribution in [3.05, 3.63) is 29.9 Å². The topological polar surface area (TPSA) is 63.8 Å². The van der Waals surface area contributed by atoms with Crippen molar-refractivity contribution in [3.8, 4) is 17.1 Å². The molecule has 99 valence electrons. The van der Waals surface area contributed by atoms with E-state index >= 15 is 0 Å². The lowest BCUT2D eigenvalue weighted by atomic mass is 10.00. The van der Waals surface area contributed by atoms with E-state index in [1.165, 1.54) is 31.9 Å². The molecular formula is C14H17N4O. The highest BCUT2D eigenvalue weighted by molar-refractivity contribution is 5.57. The molecule has 0 aromatic carbocycles. The zero-order valence-corrected chi connectivity index (χ0v) is 11.0. The van der Waals surface area contributed by atoms with Crippen molar-refractivity contribution >= 4 is 0 Å². The van der Waals surface area contributed by atoms with E-state index in [0.29, 0.717) is 0 Å². The molecule has 19 heavy (non-hydrogen) atoms. The van der Waals surface area contributed by atoms with Gasteiger partial charge in [0.05, 0.1) is 17.6 Å². The van der Waals surface area contributed by atoms with Crippen LogP contribution in [0.15, 0.2) is 18.3 Å². The molecule has 2 aromatic heterocycles. The molecule has 1 N–H and O–H groups in total. The number of hydrogen-bond acceptors (Lipinski definition) is 4. The molecule has 0 aliphatic heterocycles. The molecule has 0 bridgehead atoms. The second-order valence-corrected chi connectivity index (χ2v) is 5.04. The standard InChI is InChI=1S/C14H17N4O/c1-18-13(8-10-4-2-3-5-10)14(16-17-18)12-7-6-11(19)9-15-12/h6-7,9,19H,2-5,8H2,1H3. The summed E-state index contributed by atoms with van der Waals surface area (Å²) in [5, 5.41) is 17.6. The van der Waals surface area contributed by atoms with Gasteiger partial charge in [-0.1, -0.05) is 18.1 Å². The van der Waals surface area contributed by atoms with Crippen LogP contribution in [0.2, 0.25) is 0 Å². The van der Waals surface area contributed by atoms with E-state index in [1.54, 1.807) is 18.1 Å². The first-order chi connectivity index (χ1) is 9.24. The minimum atomic E-state index is 0.166. The van der Waals surface area contributed by atoms with Crippen LogP contribution >= 0.6 is 0 Å². The Labute approximate surface area is 112 Å². The summed E-state index contributed by atoms with van der Waals surface area (Å²) in [5.74, 6) is 1.74. The van der Waals surface area contributed by atoms with Crippen molar-refractivity contribution in [2.75, 3.05) is 0 Å². The van der Waals surface area contributed by atoms with Gasteiger partial charge < -0.3 is 5.11 Å². The lowest BCUT2D eigenvalue weighted by Crippen LogP contribution is -2.05. The largest absolute Gasteiger partial charge is 0.506 e. The zero-order valence-electron chi connectivity index (χ0n) is 11.0. The van der Waals surface area contributed by atoms with Gasteiger partial charge >= 0.3 is 0 Å². The summed E-state index contributed by atoms with van der Waals surface area (Å²) in [6, 6.07) is 3.41. The van der Waals surface area contributed by atoms with Crippen molar-refractivity contribution in [1.29, 1.82) is 0 Å². The van der Waals surface area contributed by atoms with Gasteiger partial charge in [-0.15, -0.1) is 5.10 Å². The third-order valence-corrected chi connectivity index (χ3v) is 3.66. The molecule has 1 aliphatic rings. The predicted octanol–water partition coefficient (Wildman–Crippen LogP) is 2.27. The molecule has 1 saturated carbocycles. The van der Waals surface area contributed by atoms with Crippen LogP contribution in [0.4, 0.5) is 0 Å². The number of rotatable bonds is 3. The van der Waals surface area contributed by atoms with E-state index < -0.39 is 0 Å². The highest BCUT2D eigenvalue weighted by atomic mass is 16.3. The van der Waals surface area contributed by atoms with Crippen molar-refractivity contribution in [2.45, 2.75) is 32.1 Å². The molecule has 1 fully saturated rings. The van der Waals surface area contributed by atoms with Gasteiger partial charge in [0.1, 0.15) is 11.4 Å². The van der Waals surface area contributed by atoms with E-state index in [-0.39, 0.29) is 5.75 Å². The van der Waals surface area contributed by atoms with Gasteiger partial charge in [0.15, 0.2) is 0 Å². The highest BCUT2D eigenvalue weighted by Crippen LogP contribution is 2.32. The molecule has 1 radical (unpaired) electrons. The molecule has 5 heteroatoms. The summed E-state index contributed by atoms with van der Waals surface area (Å²) in [6.07, 6.45) is 7.40. The molecule has 0 amide bonds. The fourth-order valence-corrected chi connectivity index (χ4v) is 2.59. The molecule has 0 unspecified atom stereocenters. The van der Waals surface area contributed by atoms with E-state index in [9.17, 15) is 5.11 Å². The molecular weight excluding hydrogens is 240 g/mol. The Morgan fingerprint density at radius 3 is 2.74 bits per heavy atom. The SMILES string of the molecule is Cn1nnc(-c2ccc(O)cn2)c1C[C]1CCCC1. The van der Waals surface area contributed by atoms with Gasteiger partial charge in [0.2, 0.25) is 0 Å². The molecule has 5 nitrogen and oxygen atoms in total. The first-order valence-corrected chi connectivity index (χ1v) is 6.61. The summed E-state index contributed by atoms with van der Waals surface area (Å²) >= 11 is 0. The summed E-state index contributed by atoms with van der Waals surface area (Å²) in [7, 11) is 1.92. The zero-order chi connectivity index (χ0) is 13.2. The number of hydrogen-bond donors (Lipinski definition) is 1. The van der Waals surface area contributed by atoms with Crippen LogP contribution in [0.5, 0.6) is 5.75 Å². The number of aromatic nitrogens is 4. The van der Waals surface area contributed by atoms with Gasteiger partial charge in [0, 0.05) is 7.05 Å². The summed E-state index contributed by atoms with van der Waals surface area (Å²) in [5.41, 5.74) is 2.69. The van der Waals surface area contributed by atoms with E-state index in [4.69, 9.17) is 0 Å². The average molecular weight is 257 g/mol. The van der Waals surface area contributed by atoms with Gasteiger partial charge in [-0.05, 0) is 37.3 Å². The lowest BCUT2D eigenvalue weighted by molar-refractivity contribution is 0.473. The molecule has 2 aromatic rings. The molecule has 3 rings (SSSR count).